The van der Waals surface area contributed by atoms with Gasteiger partial charge in [0.2, 0.25) is 5.91 Å². The molecule has 1 aliphatic carbocycles. The monoisotopic (exact) mass is 417 g/mol. The minimum absolute atomic E-state index is 0.159. The van der Waals surface area contributed by atoms with Crippen molar-refractivity contribution in [3.05, 3.63) is 35.4 Å². The SMILES string of the molecule is CN=C(NCc1ccc(C(=O)NCC(N)=O)cc1)N1CCSC2(CCCCC2)C1. The number of primary amides is 1. The highest BCUT2D eigenvalue weighted by atomic mass is 32.2. The Balaban J connectivity index is 1.54. The van der Waals surface area contributed by atoms with E-state index in [-0.39, 0.29) is 12.5 Å². The second kappa shape index (κ2) is 10.0. The molecule has 4 N–H and O–H groups in total. The Hall–Kier alpha value is -2.22. The van der Waals surface area contributed by atoms with Crippen LogP contribution >= 0.6 is 11.8 Å². The lowest BCUT2D eigenvalue weighted by molar-refractivity contribution is -0.117. The Morgan fingerprint density at radius 1 is 1.17 bits per heavy atom. The molecular formula is C21H31N5O2S. The topological polar surface area (TPSA) is 99.8 Å². The van der Waals surface area contributed by atoms with Crippen molar-refractivity contribution in [2.75, 3.05) is 32.4 Å². The van der Waals surface area contributed by atoms with E-state index >= 15 is 0 Å². The molecule has 2 amide bonds. The average molecular weight is 418 g/mol. The van der Waals surface area contributed by atoms with Gasteiger partial charge < -0.3 is 21.3 Å². The van der Waals surface area contributed by atoms with Gasteiger partial charge >= 0.3 is 0 Å². The Kier molecular flexibility index (Phi) is 7.41. The van der Waals surface area contributed by atoms with Gasteiger partial charge in [-0.25, -0.2) is 0 Å². The van der Waals surface area contributed by atoms with E-state index in [9.17, 15) is 9.59 Å². The van der Waals surface area contributed by atoms with Crippen LogP contribution in [0.5, 0.6) is 0 Å². The first-order chi connectivity index (χ1) is 14.0. The van der Waals surface area contributed by atoms with Crippen molar-refractivity contribution in [1.82, 2.24) is 15.5 Å². The van der Waals surface area contributed by atoms with Crippen LogP contribution in [0.2, 0.25) is 0 Å². The highest BCUT2D eigenvalue weighted by Crippen LogP contribution is 2.42. The van der Waals surface area contributed by atoms with Crippen LogP contribution in [-0.4, -0.2) is 59.9 Å². The van der Waals surface area contributed by atoms with E-state index in [0.29, 0.717) is 16.9 Å². The number of hydrogen-bond acceptors (Lipinski definition) is 4. The van der Waals surface area contributed by atoms with E-state index < -0.39 is 5.91 Å². The third kappa shape index (κ3) is 5.88. The normalized spacial score (nSPS) is 19.1. The van der Waals surface area contributed by atoms with Crippen LogP contribution in [0.25, 0.3) is 0 Å². The van der Waals surface area contributed by atoms with Crippen LogP contribution in [-0.2, 0) is 11.3 Å². The zero-order valence-electron chi connectivity index (χ0n) is 17.1. The molecule has 8 heteroatoms. The summed E-state index contributed by atoms with van der Waals surface area (Å²) in [6, 6.07) is 7.33. The summed E-state index contributed by atoms with van der Waals surface area (Å²) in [5.74, 6) is 1.23. The maximum absolute atomic E-state index is 12.0. The van der Waals surface area contributed by atoms with Gasteiger partial charge in [-0.05, 0) is 30.5 Å². The first-order valence-electron chi connectivity index (χ1n) is 10.3. The van der Waals surface area contributed by atoms with E-state index in [1.165, 1.54) is 32.1 Å². The van der Waals surface area contributed by atoms with Gasteiger partial charge in [-0.15, -0.1) is 0 Å². The first-order valence-corrected chi connectivity index (χ1v) is 11.2. The molecule has 2 aliphatic rings. The van der Waals surface area contributed by atoms with E-state index in [2.05, 4.69) is 32.3 Å². The molecule has 3 rings (SSSR count). The summed E-state index contributed by atoms with van der Waals surface area (Å²) in [5, 5.41) is 5.96. The van der Waals surface area contributed by atoms with Gasteiger partial charge in [0, 0.05) is 42.7 Å². The maximum atomic E-state index is 12.0. The van der Waals surface area contributed by atoms with Crippen molar-refractivity contribution in [1.29, 1.82) is 0 Å². The summed E-state index contributed by atoms with van der Waals surface area (Å²) in [5.41, 5.74) is 6.62. The van der Waals surface area contributed by atoms with Crippen LogP contribution < -0.4 is 16.4 Å². The molecule has 158 valence electrons. The van der Waals surface area contributed by atoms with Gasteiger partial charge in [0.1, 0.15) is 0 Å². The number of carbonyl (C=O) groups excluding carboxylic acids is 2. The molecule has 0 bridgehead atoms. The Bertz CT molecular complexity index is 738. The fraction of sp³-hybridized carbons (Fsp3) is 0.571. The summed E-state index contributed by atoms with van der Waals surface area (Å²) in [6.45, 7) is 2.57. The predicted molar refractivity (Wildman–Crippen MR) is 118 cm³/mol. The number of thioether (sulfide) groups is 1. The van der Waals surface area contributed by atoms with Gasteiger partial charge in [-0.1, -0.05) is 31.4 Å². The van der Waals surface area contributed by atoms with Crippen LogP contribution in [0.4, 0.5) is 0 Å². The minimum atomic E-state index is -0.559. The molecule has 1 aromatic carbocycles. The largest absolute Gasteiger partial charge is 0.368 e. The number of benzene rings is 1. The van der Waals surface area contributed by atoms with Gasteiger partial charge in [0.15, 0.2) is 5.96 Å². The quantitative estimate of drug-likeness (QED) is 0.500. The van der Waals surface area contributed by atoms with Crippen molar-refractivity contribution in [2.45, 2.75) is 43.4 Å². The van der Waals surface area contributed by atoms with Crippen LogP contribution in [0.3, 0.4) is 0 Å². The number of amides is 2. The molecule has 1 saturated carbocycles. The summed E-state index contributed by atoms with van der Waals surface area (Å²) >= 11 is 2.15. The first kappa shape index (κ1) is 21.5. The number of aliphatic imine (C=N–C) groups is 1. The van der Waals surface area contributed by atoms with Gasteiger partial charge in [0.05, 0.1) is 6.54 Å². The lowest BCUT2D eigenvalue weighted by Crippen LogP contribution is -2.53. The van der Waals surface area contributed by atoms with E-state index in [1.807, 2.05) is 19.2 Å². The molecule has 0 aromatic heterocycles. The number of nitrogens with zero attached hydrogens (tertiary/aromatic N) is 2. The molecular weight excluding hydrogens is 386 g/mol. The highest BCUT2D eigenvalue weighted by molar-refractivity contribution is 8.00. The summed E-state index contributed by atoms with van der Waals surface area (Å²) in [7, 11) is 1.84. The molecule has 0 atom stereocenters. The van der Waals surface area contributed by atoms with Crippen LogP contribution in [0.15, 0.2) is 29.3 Å². The van der Waals surface area contributed by atoms with E-state index in [0.717, 1.165) is 30.4 Å². The fourth-order valence-corrected chi connectivity index (χ4v) is 5.65. The Labute approximate surface area is 176 Å². The molecule has 29 heavy (non-hydrogen) atoms. The molecule has 0 unspecified atom stereocenters. The van der Waals surface area contributed by atoms with Gasteiger partial charge in [-0.3, -0.25) is 14.6 Å². The van der Waals surface area contributed by atoms with Gasteiger partial charge in [-0.2, -0.15) is 11.8 Å². The second-order valence-corrected chi connectivity index (χ2v) is 9.32. The third-order valence-corrected chi connectivity index (χ3v) is 7.15. The smallest absolute Gasteiger partial charge is 0.251 e. The predicted octanol–water partition coefficient (Wildman–Crippen LogP) is 1.73. The van der Waals surface area contributed by atoms with Crippen LogP contribution in [0, 0.1) is 0 Å². The lowest BCUT2D eigenvalue weighted by Gasteiger charge is -2.45. The zero-order valence-corrected chi connectivity index (χ0v) is 17.9. The van der Waals surface area contributed by atoms with Gasteiger partial charge in [0.25, 0.3) is 5.91 Å². The molecule has 1 aliphatic heterocycles. The molecule has 1 saturated heterocycles. The minimum Gasteiger partial charge on any atom is -0.368 e. The molecule has 1 aromatic rings. The van der Waals surface area contributed by atoms with Crippen molar-refractivity contribution in [3.8, 4) is 0 Å². The molecule has 1 heterocycles. The summed E-state index contributed by atoms with van der Waals surface area (Å²) in [6.07, 6.45) is 6.67. The Morgan fingerprint density at radius 2 is 1.90 bits per heavy atom. The number of nitrogens with one attached hydrogen (secondary N) is 2. The van der Waals surface area contributed by atoms with Crippen molar-refractivity contribution < 1.29 is 9.59 Å². The second-order valence-electron chi connectivity index (χ2n) is 7.76. The number of hydrogen-bond donors (Lipinski definition) is 3. The maximum Gasteiger partial charge on any atom is 0.251 e. The van der Waals surface area contributed by atoms with Crippen LogP contribution in [0.1, 0.15) is 48.0 Å². The zero-order chi connectivity index (χ0) is 20.7. The van der Waals surface area contributed by atoms with Crippen molar-refractivity contribution in [2.24, 2.45) is 10.7 Å². The molecule has 2 fully saturated rings. The highest BCUT2D eigenvalue weighted by Gasteiger charge is 2.38. The fourth-order valence-electron chi connectivity index (χ4n) is 4.08. The molecule has 1 spiro atoms. The molecule has 7 nitrogen and oxygen atoms in total. The van der Waals surface area contributed by atoms with Crippen molar-refractivity contribution >= 4 is 29.5 Å². The summed E-state index contributed by atoms with van der Waals surface area (Å²) < 4.78 is 0.397. The lowest BCUT2D eigenvalue weighted by atomic mass is 9.87. The average Bonchev–Trinajstić information content (AvgIpc) is 2.73. The van der Waals surface area contributed by atoms with E-state index in [1.54, 1.807) is 12.1 Å². The number of guanidine groups is 1. The third-order valence-electron chi connectivity index (χ3n) is 5.61. The summed E-state index contributed by atoms with van der Waals surface area (Å²) in [4.78, 5) is 29.6. The number of rotatable bonds is 5. The number of nitrogens with two attached hydrogens (primary N) is 1. The van der Waals surface area contributed by atoms with E-state index in [4.69, 9.17) is 5.73 Å². The number of carbonyl (C=O) groups is 2. The standard InChI is InChI=1S/C21H31N5O2S/c1-23-20(26-11-12-29-21(15-26)9-3-2-4-10-21)25-13-16-5-7-17(8-6-16)19(28)24-14-18(22)27/h5-8H,2-4,9-15H2,1H3,(H2,22,27)(H,23,25)(H,24,28). The van der Waals surface area contributed by atoms with Crippen molar-refractivity contribution in [3.63, 3.8) is 0 Å². The Morgan fingerprint density at radius 3 is 2.55 bits per heavy atom. The molecule has 0 radical (unpaired) electrons.